The maximum Gasteiger partial charge on any atom is 0.222 e. The number of likely N-dealkylation sites (N-methyl/N-ethyl adjacent to an activating group) is 1. The summed E-state index contributed by atoms with van der Waals surface area (Å²) in [5.74, 6) is 0.267. The molecule has 1 N–H and O–H groups in total. The zero-order valence-electron chi connectivity index (χ0n) is 15.7. The summed E-state index contributed by atoms with van der Waals surface area (Å²) in [6, 6.07) is 0. The Morgan fingerprint density at radius 3 is 2.80 bits per heavy atom. The minimum Gasteiger partial charge on any atom is -0.394 e. The third kappa shape index (κ3) is 3.88. The number of aryl methyl sites for hydroxylation is 1. The van der Waals surface area contributed by atoms with E-state index in [1.807, 2.05) is 23.6 Å². The van der Waals surface area contributed by atoms with Crippen LogP contribution in [0.5, 0.6) is 0 Å². The SMILES string of the molecule is Cc1nn(CCO)cc1CN1CCN(C)C2(CCC(=O)N(C)CC2)C1. The molecule has 3 heterocycles. The number of rotatable bonds is 4. The number of nitrogens with zero attached hydrogens (tertiary/aromatic N) is 5. The Labute approximate surface area is 150 Å². The van der Waals surface area contributed by atoms with Crippen molar-refractivity contribution in [2.24, 2.45) is 0 Å². The molecule has 0 aromatic carbocycles. The third-order valence-electron chi connectivity index (χ3n) is 5.99. The summed E-state index contributed by atoms with van der Waals surface area (Å²) in [6.45, 7) is 7.47. The Morgan fingerprint density at radius 1 is 1.24 bits per heavy atom. The molecule has 1 amide bonds. The highest BCUT2D eigenvalue weighted by molar-refractivity contribution is 5.76. The van der Waals surface area contributed by atoms with E-state index < -0.39 is 0 Å². The van der Waals surface area contributed by atoms with E-state index in [0.717, 1.165) is 51.3 Å². The van der Waals surface area contributed by atoms with Gasteiger partial charge in [0.2, 0.25) is 5.91 Å². The van der Waals surface area contributed by atoms with Crippen molar-refractivity contribution in [3.8, 4) is 0 Å². The highest BCUT2D eigenvalue weighted by atomic mass is 16.3. The van der Waals surface area contributed by atoms with Crippen LogP contribution in [0.25, 0.3) is 0 Å². The second kappa shape index (κ2) is 7.43. The van der Waals surface area contributed by atoms with Crippen molar-refractivity contribution in [1.82, 2.24) is 24.5 Å². The first kappa shape index (κ1) is 18.4. The molecule has 2 saturated heterocycles. The van der Waals surface area contributed by atoms with Crippen LogP contribution in [0.2, 0.25) is 0 Å². The summed E-state index contributed by atoms with van der Waals surface area (Å²) in [7, 11) is 4.12. The fourth-order valence-electron chi connectivity index (χ4n) is 4.15. The van der Waals surface area contributed by atoms with Gasteiger partial charge < -0.3 is 10.0 Å². The van der Waals surface area contributed by atoms with Gasteiger partial charge in [0.25, 0.3) is 0 Å². The summed E-state index contributed by atoms with van der Waals surface area (Å²) in [5, 5.41) is 13.6. The normalized spacial score (nSPS) is 26.4. The van der Waals surface area contributed by atoms with Crippen molar-refractivity contribution in [3.63, 3.8) is 0 Å². The Kier molecular flexibility index (Phi) is 5.46. The second-order valence-corrected chi connectivity index (χ2v) is 7.65. The van der Waals surface area contributed by atoms with Gasteiger partial charge in [0, 0.05) is 63.5 Å². The number of aliphatic hydroxyl groups excluding tert-OH is 1. The second-order valence-electron chi connectivity index (χ2n) is 7.65. The molecule has 7 nitrogen and oxygen atoms in total. The first-order chi connectivity index (χ1) is 11.9. The molecule has 7 heteroatoms. The minimum atomic E-state index is 0.0909. The third-order valence-corrected chi connectivity index (χ3v) is 5.99. The molecule has 25 heavy (non-hydrogen) atoms. The monoisotopic (exact) mass is 349 g/mol. The number of carbonyl (C=O) groups excluding carboxylic acids is 1. The fraction of sp³-hybridized carbons (Fsp3) is 0.778. The molecule has 0 radical (unpaired) electrons. The number of carbonyl (C=O) groups is 1. The van der Waals surface area contributed by atoms with Gasteiger partial charge in [0.1, 0.15) is 0 Å². The molecule has 2 aliphatic heterocycles. The van der Waals surface area contributed by atoms with Gasteiger partial charge in [-0.2, -0.15) is 5.10 Å². The predicted octanol–water partition coefficient (Wildman–Crippen LogP) is 0.312. The maximum absolute atomic E-state index is 12.1. The molecule has 0 bridgehead atoms. The predicted molar refractivity (Wildman–Crippen MR) is 96.2 cm³/mol. The van der Waals surface area contributed by atoms with E-state index >= 15 is 0 Å². The van der Waals surface area contributed by atoms with Crippen LogP contribution in [0.15, 0.2) is 6.20 Å². The van der Waals surface area contributed by atoms with Crippen molar-refractivity contribution in [1.29, 1.82) is 0 Å². The highest BCUT2D eigenvalue weighted by Crippen LogP contribution is 2.32. The molecule has 1 unspecified atom stereocenters. The number of aliphatic hydroxyl groups is 1. The van der Waals surface area contributed by atoms with Crippen molar-refractivity contribution in [3.05, 3.63) is 17.5 Å². The maximum atomic E-state index is 12.1. The molecule has 0 aliphatic carbocycles. The summed E-state index contributed by atoms with van der Waals surface area (Å²) in [6.07, 6.45) is 4.67. The van der Waals surface area contributed by atoms with Gasteiger partial charge in [-0.15, -0.1) is 0 Å². The quantitative estimate of drug-likeness (QED) is 0.848. The van der Waals surface area contributed by atoms with E-state index in [-0.39, 0.29) is 18.1 Å². The molecule has 2 fully saturated rings. The number of likely N-dealkylation sites (tertiary alicyclic amines) is 1. The number of hydrogen-bond acceptors (Lipinski definition) is 5. The van der Waals surface area contributed by atoms with Gasteiger partial charge >= 0.3 is 0 Å². The molecule has 1 aromatic heterocycles. The number of hydrogen-bond donors (Lipinski definition) is 1. The van der Waals surface area contributed by atoms with Crippen LogP contribution in [0.1, 0.15) is 30.5 Å². The van der Waals surface area contributed by atoms with Crippen molar-refractivity contribution >= 4 is 5.91 Å². The lowest BCUT2D eigenvalue weighted by molar-refractivity contribution is -0.129. The minimum absolute atomic E-state index is 0.0909. The Balaban J connectivity index is 1.71. The van der Waals surface area contributed by atoms with Crippen molar-refractivity contribution in [2.45, 2.75) is 44.8 Å². The zero-order valence-corrected chi connectivity index (χ0v) is 15.7. The van der Waals surface area contributed by atoms with Gasteiger partial charge in [0.15, 0.2) is 0 Å². The average Bonchev–Trinajstić information content (AvgIpc) is 2.85. The highest BCUT2D eigenvalue weighted by Gasteiger charge is 2.41. The molecule has 3 rings (SSSR count). The molecule has 1 aromatic rings. The molecule has 140 valence electrons. The van der Waals surface area contributed by atoms with Gasteiger partial charge in [-0.1, -0.05) is 0 Å². The van der Waals surface area contributed by atoms with Gasteiger partial charge in [-0.25, -0.2) is 0 Å². The van der Waals surface area contributed by atoms with E-state index in [4.69, 9.17) is 5.11 Å². The van der Waals surface area contributed by atoms with E-state index in [1.54, 1.807) is 0 Å². The Hall–Kier alpha value is -1.44. The first-order valence-electron chi connectivity index (χ1n) is 9.25. The van der Waals surface area contributed by atoms with Gasteiger partial charge in [0.05, 0.1) is 18.8 Å². The van der Waals surface area contributed by atoms with Crippen LogP contribution >= 0.6 is 0 Å². The Bertz CT molecular complexity index is 617. The van der Waals surface area contributed by atoms with Gasteiger partial charge in [-0.05, 0) is 26.8 Å². The van der Waals surface area contributed by atoms with E-state index in [2.05, 4.69) is 28.1 Å². The topological polar surface area (TPSA) is 64.8 Å². The Morgan fingerprint density at radius 2 is 2.04 bits per heavy atom. The van der Waals surface area contributed by atoms with E-state index in [0.29, 0.717) is 13.0 Å². The molecule has 0 saturated carbocycles. The van der Waals surface area contributed by atoms with Crippen LogP contribution < -0.4 is 0 Å². The fourth-order valence-corrected chi connectivity index (χ4v) is 4.15. The summed E-state index contributed by atoms with van der Waals surface area (Å²) >= 11 is 0. The first-order valence-corrected chi connectivity index (χ1v) is 9.25. The van der Waals surface area contributed by atoms with Crippen LogP contribution in [-0.4, -0.2) is 87.9 Å². The van der Waals surface area contributed by atoms with Crippen molar-refractivity contribution in [2.75, 3.05) is 46.9 Å². The number of amides is 1. The average molecular weight is 349 g/mol. The number of aromatic nitrogens is 2. The summed E-state index contributed by atoms with van der Waals surface area (Å²) in [5.41, 5.74) is 2.36. The molecule has 1 atom stereocenters. The number of piperazine rings is 1. The molecule has 1 spiro atoms. The summed E-state index contributed by atoms with van der Waals surface area (Å²) in [4.78, 5) is 18.9. The largest absolute Gasteiger partial charge is 0.394 e. The lowest BCUT2D eigenvalue weighted by Gasteiger charge is -2.49. The lowest BCUT2D eigenvalue weighted by Crippen LogP contribution is -2.60. The summed E-state index contributed by atoms with van der Waals surface area (Å²) < 4.78 is 1.83. The van der Waals surface area contributed by atoms with Gasteiger partial charge in [-0.3, -0.25) is 19.3 Å². The smallest absolute Gasteiger partial charge is 0.222 e. The van der Waals surface area contributed by atoms with Crippen LogP contribution in [0, 0.1) is 6.92 Å². The standard InChI is InChI=1S/C18H31N5O2/c1-15-16(13-23(19-15)10-11-24)12-22-9-8-21(3)18(14-22)5-4-17(25)20(2)7-6-18/h13,24H,4-12,14H2,1-3H3. The lowest BCUT2D eigenvalue weighted by atomic mass is 9.86. The van der Waals surface area contributed by atoms with Crippen LogP contribution in [-0.2, 0) is 17.9 Å². The van der Waals surface area contributed by atoms with E-state index in [1.165, 1.54) is 5.56 Å². The molecule has 2 aliphatic rings. The zero-order chi connectivity index (χ0) is 18.0. The van der Waals surface area contributed by atoms with Crippen molar-refractivity contribution < 1.29 is 9.90 Å². The van der Waals surface area contributed by atoms with Crippen LogP contribution in [0.4, 0.5) is 0 Å². The molecular weight excluding hydrogens is 318 g/mol. The van der Waals surface area contributed by atoms with E-state index in [9.17, 15) is 4.79 Å². The van der Waals surface area contributed by atoms with Crippen LogP contribution in [0.3, 0.4) is 0 Å². The molecular formula is C18H31N5O2.